The highest BCUT2D eigenvalue weighted by molar-refractivity contribution is 7.90. The molecule has 6 heteroatoms. The molecule has 1 aromatic carbocycles. The van der Waals surface area contributed by atoms with E-state index in [2.05, 4.69) is 9.44 Å². The molecule has 1 rings (SSSR count). The summed E-state index contributed by atoms with van der Waals surface area (Å²) in [6.07, 6.45) is 0. The van der Waals surface area contributed by atoms with E-state index in [1.807, 2.05) is 13.8 Å². The number of rotatable bonds is 5. The number of anilines is 2. The Bertz CT molecular complexity index is 443. The molecule has 5 nitrogen and oxygen atoms in total. The minimum atomic E-state index is -3.53. The lowest BCUT2D eigenvalue weighted by molar-refractivity contribution is 0.565. The first-order chi connectivity index (χ1) is 7.41. The Balaban J connectivity index is 2.70. The highest BCUT2D eigenvalue weighted by atomic mass is 32.2. The Kier molecular flexibility index (Phi) is 4.14. The highest BCUT2D eigenvalue weighted by Gasteiger charge is 2.11. The number of nitrogens with two attached hydrogens (primary N) is 1. The molecule has 4 N–H and O–H groups in total. The van der Waals surface area contributed by atoms with Gasteiger partial charge in [0.2, 0.25) is 0 Å². The van der Waals surface area contributed by atoms with Crippen LogP contribution in [0.1, 0.15) is 13.8 Å². The van der Waals surface area contributed by atoms with Crippen molar-refractivity contribution in [3.05, 3.63) is 24.3 Å². The van der Waals surface area contributed by atoms with Crippen LogP contribution in [0.2, 0.25) is 0 Å². The summed E-state index contributed by atoms with van der Waals surface area (Å²) in [5.74, 6) is 0.254. The van der Waals surface area contributed by atoms with Gasteiger partial charge in [-0.2, -0.15) is 13.1 Å². The minimum Gasteiger partial charge on any atom is -0.397 e. The second-order valence-corrected chi connectivity index (χ2v) is 5.43. The molecule has 0 saturated carbocycles. The first-order valence-electron chi connectivity index (χ1n) is 5.02. The summed E-state index contributed by atoms with van der Waals surface area (Å²) < 4.78 is 28.0. The van der Waals surface area contributed by atoms with Crippen molar-refractivity contribution in [3.8, 4) is 0 Å². The molecule has 0 bridgehead atoms. The van der Waals surface area contributed by atoms with Crippen LogP contribution in [0, 0.1) is 5.92 Å². The van der Waals surface area contributed by atoms with E-state index in [1.165, 1.54) is 0 Å². The van der Waals surface area contributed by atoms with Crippen molar-refractivity contribution < 1.29 is 8.42 Å². The molecule has 0 fully saturated rings. The van der Waals surface area contributed by atoms with E-state index >= 15 is 0 Å². The van der Waals surface area contributed by atoms with Gasteiger partial charge in [0.15, 0.2) is 0 Å². The summed E-state index contributed by atoms with van der Waals surface area (Å²) in [5, 5.41) is 0. The number of nitrogen functional groups attached to an aromatic ring is 1. The Morgan fingerprint density at radius 2 is 1.94 bits per heavy atom. The molecular weight excluding hydrogens is 226 g/mol. The quantitative estimate of drug-likeness (QED) is 0.679. The highest BCUT2D eigenvalue weighted by Crippen LogP contribution is 2.17. The van der Waals surface area contributed by atoms with Gasteiger partial charge in [-0.15, -0.1) is 0 Å². The average molecular weight is 243 g/mol. The van der Waals surface area contributed by atoms with E-state index in [9.17, 15) is 8.42 Å². The molecule has 0 atom stereocenters. The predicted octanol–water partition coefficient (Wildman–Crippen LogP) is 1.17. The van der Waals surface area contributed by atoms with Gasteiger partial charge in [-0.1, -0.05) is 26.0 Å². The van der Waals surface area contributed by atoms with Crippen LogP contribution < -0.4 is 15.2 Å². The number of benzene rings is 1. The molecule has 90 valence electrons. The Labute approximate surface area is 96.2 Å². The predicted molar refractivity (Wildman–Crippen MR) is 66.2 cm³/mol. The molecule has 1 aromatic rings. The second kappa shape index (κ2) is 5.18. The van der Waals surface area contributed by atoms with E-state index in [1.54, 1.807) is 24.3 Å². The minimum absolute atomic E-state index is 0.254. The van der Waals surface area contributed by atoms with Gasteiger partial charge in [0.1, 0.15) is 0 Å². The summed E-state index contributed by atoms with van der Waals surface area (Å²) in [6, 6.07) is 6.72. The van der Waals surface area contributed by atoms with Crippen molar-refractivity contribution >= 4 is 21.6 Å². The molecule has 0 spiro atoms. The Hall–Kier alpha value is -1.27. The lowest BCUT2D eigenvalue weighted by Crippen LogP contribution is -2.33. The van der Waals surface area contributed by atoms with Gasteiger partial charge in [0, 0.05) is 6.54 Å². The Morgan fingerprint density at radius 1 is 1.31 bits per heavy atom. The van der Waals surface area contributed by atoms with Crippen LogP contribution >= 0.6 is 0 Å². The fourth-order valence-corrected chi connectivity index (χ4v) is 2.15. The standard InChI is InChI=1S/C10H17N3O2S/c1-8(2)7-12-16(14,15)13-10-6-4-3-5-9(10)11/h3-6,8,12-13H,7,11H2,1-2H3. The van der Waals surface area contributed by atoms with Crippen LogP contribution in [0.15, 0.2) is 24.3 Å². The van der Waals surface area contributed by atoms with Crippen LogP contribution in [-0.2, 0) is 10.2 Å². The third-order valence-corrected chi connectivity index (χ3v) is 2.92. The van der Waals surface area contributed by atoms with Crippen LogP contribution in [-0.4, -0.2) is 15.0 Å². The normalized spacial score (nSPS) is 11.7. The van der Waals surface area contributed by atoms with E-state index in [-0.39, 0.29) is 5.92 Å². The number of hydrogen-bond acceptors (Lipinski definition) is 3. The zero-order valence-electron chi connectivity index (χ0n) is 9.40. The topological polar surface area (TPSA) is 84.2 Å². The maximum atomic E-state index is 11.6. The first kappa shape index (κ1) is 12.8. The van der Waals surface area contributed by atoms with Crippen molar-refractivity contribution in [2.75, 3.05) is 17.0 Å². The summed E-state index contributed by atoms with van der Waals surface area (Å²) in [7, 11) is -3.53. The molecule has 0 amide bonds. The lowest BCUT2D eigenvalue weighted by Gasteiger charge is -2.12. The zero-order chi connectivity index (χ0) is 12.2. The van der Waals surface area contributed by atoms with Crippen LogP contribution in [0.25, 0.3) is 0 Å². The molecule has 0 saturated heterocycles. The van der Waals surface area contributed by atoms with E-state index in [0.29, 0.717) is 17.9 Å². The molecule has 0 heterocycles. The second-order valence-electron chi connectivity index (χ2n) is 3.94. The summed E-state index contributed by atoms with van der Waals surface area (Å²) in [4.78, 5) is 0. The van der Waals surface area contributed by atoms with Gasteiger partial charge in [-0.05, 0) is 18.1 Å². The smallest absolute Gasteiger partial charge is 0.299 e. The molecule has 0 aliphatic rings. The fourth-order valence-electron chi connectivity index (χ4n) is 1.05. The van der Waals surface area contributed by atoms with E-state index < -0.39 is 10.2 Å². The number of hydrogen-bond donors (Lipinski definition) is 3. The summed E-state index contributed by atoms with van der Waals surface area (Å²) in [6.45, 7) is 4.25. The monoisotopic (exact) mass is 243 g/mol. The molecular formula is C10H17N3O2S. The zero-order valence-corrected chi connectivity index (χ0v) is 10.2. The maximum absolute atomic E-state index is 11.6. The van der Waals surface area contributed by atoms with Gasteiger partial charge in [0.25, 0.3) is 10.2 Å². The maximum Gasteiger partial charge on any atom is 0.299 e. The number of nitrogens with one attached hydrogen (secondary N) is 2. The van der Waals surface area contributed by atoms with Crippen LogP contribution in [0.5, 0.6) is 0 Å². The molecule has 0 unspecified atom stereocenters. The number of para-hydroxylation sites is 2. The van der Waals surface area contributed by atoms with Crippen molar-refractivity contribution in [3.63, 3.8) is 0 Å². The average Bonchev–Trinajstić information content (AvgIpc) is 2.19. The summed E-state index contributed by atoms with van der Waals surface area (Å²) >= 11 is 0. The third kappa shape index (κ3) is 4.08. The van der Waals surface area contributed by atoms with Gasteiger partial charge < -0.3 is 5.73 Å². The molecule has 0 aromatic heterocycles. The molecule has 16 heavy (non-hydrogen) atoms. The van der Waals surface area contributed by atoms with Crippen molar-refractivity contribution in [1.82, 2.24) is 4.72 Å². The van der Waals surface area contributed by atoms with Crippen molar-refractivity contribution in [1.29, 1.82) is 0 Å². The van der Waals surface area contributed by atoms with Crippen molar-refractivity contribution in [2.45, 2.75) is 13.8 Å². The van der Waals surface area contributed by atoms with Crippen LogP contribution in [0.3, 0.4) is 0 Å². The van der Waals surface area contributed by atoms with E-state index in [0.717, 1.165) is 0 Å². The van der Waals surface area contributed by atoms with Gasteiger partial charge in [-0.3, -0.25) is 4.72 Å². The van der Waals surface area contributed by atoms with Crippen molar-refractivity contribution in [2.24, 2.45) is 5.92 Å². The van der Waals surface area contributed by atoms with Gasteiger partial charge in [-0.25, -0.2) is 0 Å². The largest absolute Gasteiger partial charge is 0.397 e. The van der Waals surface area contributed by atoms with Gasteiger partial charge >= 0.3 is 0 Å². The lowest BCUT2D eigenvalue weighted by atomic mass is 10.2. The first-order valence-corrected chi connectivity index (χ1v) is 6.51. The summed E-state index contributed by atoms with van der Waals surface area (Å²) in [5.41, 5.74) is 6.42. The molecule has 0 aliphatic carbocycles. The van der Waals surface area contributed by atoms with E-state index in [4.69, 9.17) is 5.73 Å². The van der Waals surface area contributed by atoms with Gasteiger partial charge in [0.05, 0.1) is 11.4 Å². The SMILES string of the molecule is CC(C)CNS(=O)(=O)Nc1ccccc1N. The third-order valence-electron chi connectivity index (χ3n) is 1.89. The fraction of sp³-hybridized carbons (Fsp3) is 0.400. The van der Waals surface area contributed by atoms with Crippen LogP contribution in [0.4, 0.5) is 11.4 Å². The molecule has 0 radical (unpaired) electrons. The Morgan fingerprint density at radius 3 is 2.50 bits per heavy atom. The molecule has 0 aliphatic heterocycles.